The van der Waals surface area contributed by atoms with Gasteiger partial charge in [-0.25, -0.2) is 0 Å². The summed E-state index contributed by atoms with van der Waals surface area (Å²) in [4.78, 5) is 15.0. The second-order valence-electron chi connectivity index (χ2n) is 8.67. The molecule has 174 valence electrons. The van der Waals surface area contributed by atoms with E-state index in [0.717, 1.165) is 42.1 Å². The molecule has 9 heteroatoms. The maximum atomic E-state index is 12.7. The number of ether oxygens (including phenoxy) is 1. The highest BCUT2D eigenvalue weighted by molar-refractivity contribution is 5.67. The van der Waals surface area contributed by atoms with E-state index >= 15 is 0 Å². The molecule has 0 unspecified atom stereocenters. The van der Waals surface area contributed by atoms with Crippen molar-refractivity contribution in [1.82, 2.24) is 9.47 Å². The SMILES string of the molecule is O=c1ccc(-c2ccc(OC(F)(F)F)cc2)c2n1C[C@H]1C[C@@H]2CN(Cc2ccc(CO)o2)C1. The Balaban J connectivity index is 1.44. The summed E-state index contributed by atoms with van der Waals surface area (Å²) in [6, 6.07) is 12.7. The third kappa shape index (κ3) is 4.56. The Bertz CT molecular complexity index is 1200. The van der Waals surface area contributed by atoms with Crippen molar-refractivity contribution in [2.24, 2.45) is 5.92 Å². The van der Waals surface area contributed by atoms with Gasteiger partial charge in [0.05, 0.1) is 6.54 Å². The predicted octanol–water partition coefficient (Wildman–Crippen LogP) is 4.12. The molecule has 2 aromatic heterocycles. The molecule has 1 saturated heterocycles. The van der Waals surface area contributed by atoms with E-state index in [-0.39, 0.29) is 23.8 Å². The minimum Gasteiger partial charge on any atom is -0.462 e. The number of aromatic nitrogens is 1. The molecule has 5 rings (SSSR count). The molecule has 3 aromatic rings. The van der Waals surface area contributed by atoms with E-state index in [1.165, 1.54) is 18.2 Å². The first-order chi connectivity index (χ1) is 15.8. The largest absolute Gasteiger partial charge is 0.573 e. The van der Waals surface area contributed by atoms with Crippen LogP contribution in [0.3, 0.4) is 0 Å². The number of piperidine rings is 1. The van der Waals surface area contributed by atoms with Crippen molar-refractivity contribution in [2.75, 3.05) is 13.1 Å². The molecule has 2 bridgehead atoms. The number of halogens is 3. The van der Waals surface area contributed by atoms with Gasteiger partial charge in [0.15, 0.2) is 0 Å². The number of hydrogen-bond acceptors (Lipinski definition) is 5. The first-order valence-electron chi connectivity index (χ1n) is 10.8. The van der Waals surface area contributed by atoms with E-state index in [1.807, 2.05) is 10.6 Å². The molecule has 0 aliphatic carbocycles. The lowest BCUT2D eigenvalue weighted by molar-refractivity contribution is -0.274. The summed E-state index contributed by atoms with van der Waals surface area (Å²) < 4.78 is 49.0. The summed E-state index contributed by atoms with van der Waals surface area (Å²) >= 11 is 0. The van der Waals surface area contributed by atoms with E-state index in [4.69, 9.17) is 4.42 Å². The molecule has 4 heterocycles. The average Bonchev–Trinajstić information content (AvgIpc) is 3.21. The van der Waals surface area contributed by atoms with Gasteiger partial charge in [-0.05, 0) is 48.2 Å². The second-order valence-corrected chi connectivity index (χ2v) is 8.67. The number of nitrogens with zero attached hydrogens (tertiary/aromatic N) is 2. The fraction of sp³-hybridized carbons (Fsp3) is 0.375. The van der Waals surface area contributed by atoms with Crippen LogP contribution >= 0.6 is 0 Å². The van der Waals surface area contributed by atoms with Gasteiger partial charge >= 0.3 is 6.36 Å². The summed E-state index contributed by atoms with van der Waals surface area (Å²) in [6.07, 6.45) is -3.80. The molecule has 6 nitrogen and oxygen atoms in total. The number of aliphatic hydroxyl groups excluding tert-OH is 1. The summed E-state index contributed by atoms with van der Waals surface area (Å²) in [5.41, 5.74) is 2.44. The van der Waals surface area contributed by atoms with Gasteiger partial charge in [0, 0.05) is 42.9 Å². The monoisotopic (exact) mass is 460 g/mol. The van der Waals surface area contributed by atoms with Crippen LogP contribution in [0.1, 0.15) is 29.6 Å². The molecule has 0 spiro atoms. The van der Waals surface area contributed by atoms with Gasteiger partial charge in [-0.2, -0.15) is 0 Å². The highest BCUT2D eigenvalue weighted by Crippen LogP contribution is 2.40. The van der Waals surface area contributed by atoms with Crippen molar-refractivity contribution < 1.29 is 27.4 Å². The van der Waals surface area contributed by atoms with Gasteiger partial charge in [0.2, 0.25) is 0 Å². The standard InChI is InChI=1S/C24H23F3N2O4/c25-24(26,27)33-18-3-1-16(2-4-18)21-7-8-22(31)29-11-15-9-17(23(21)29)12-28(10-15)13-19-5-6-20(14-30)32-19/h1-8,15,17,30H,9-14H2/t15-,17+/m0/s1. The van der Waals surface area contributed by atoms with Crippen LogP contribution < -0.4 is 10.3 Å². The number of pyridine rings is 1. The molecule has 2 aliphatic rings. The maximum Gasteiger partial charge on any atom is 0.573 e. The first kappa shape index (κ1) is 21.8. The van der Waals surface area contributed by atoms with Crippen LogP contribution in [0, 0.1) is 5.92 Å². The number of alkyl halides is 3. The molecular weight excluding hydrogens is 437 g/mol. The fourth-order valence-corrected chi connectivity index (χ4v) is 5.14. The van der Waals surface area contributed by atoms with Crippen LogP contribution in [0.4, 0.5) is 13.2 Å². The van der Waals surface area contributed by atoms with Gasteiger partial charge in [-0.3, -0.25) is 9.69 Å². The van der Waals surface area contributed by atoms with E-state index in [1.54, 1.807) is 24.3 Å². The molecule has 33 heavy (non-hydrogen) atoms. The fourth-order valence-electron chi connectivity index (χ4n) is 5.14. The molecule has 1 N–H and O–H groups in total. The van der Waals surface area contributed by atoms with Crippen LogP contribution in [-0.2, 0) is 19.7 Å². The van der Waals surface area contributed by atoms with E-state index in [0.29, 0.717) is 24.8 Å². The minimum atomic E-state index is -4.74. The second kappa shape index (κ2) is 8.39. The zero-order valence-corrected chi connectivity index (χ0v) is 17.7. The lowest BCUT2D eigenvalue weighted by atomic mass is 9.80. The van der Waals surface area contributed by atoms with Gasteiger partial charge in [-0.1, -0.05) is 12.1 Å². The predicted molar refractivity (Wildman–Crippen MR) is 114 cm³/mol. The van der Waals surface area contributed by atoms with Crippen molar-refractivity contribution in [2.45, 2.75) is 38.4 Å². The van der Waals surface area contributed by atoms with Crippen molar-refractivity contribution in [3.63, 3.8) is 0 Å². The Labute approximate surface area is 187 Å². The minimum absolute atomic E-state index is 0.0625. The van der Waals surface area contributed by atoms with E-state index < -0.39 is 6.36 Å². The van der Waals surface area contributed by atoms with Crippen LogP contribution in [0.15, 0.2) is 57.7 Å². The Morgan fingerprint density at radius 1 is 1.00 bits per heavy atom. The number of rotatable bonds is 5. The Kier molecular flexibility index (Phi) is 5.54. The number of benzene rings is 1. The third-order valence-corrected chi connectivity index (χ3v) is 6.32. The highest BCUT2D eigenvalue weighted by Gasteiger charge is 2.36. The quantitative estimate of drug-likeness (QED) is 0.621. The molecule has 1 aromatic carbocycles. The molecule has 0 amide bonds. The van der Waals surface area contributed by atoms with Gasteiger partial charge in [-0.15, -0.1) is 13.2 Å². The number of fused-ring (bicyclic) bond motifs is 4. The molecule has 0 saturated carbocycles. The number of likely N-dealkylation sites (tertiary alicyclic amines) is 1. The van der Waals surface area contributed by atoms with Crippen molar-refractivity contribution >= 4 is 0 Å². The number of furan rings is 1. The summed E-state index contributed by atoms with van der Waals surface area (Å²) in [6.45, 7) is 2.65. The summed E-state index contributed by atoms with van der Waals surface area (Å²) in [7, 11) is 0. The topological polar surface area (TPSA) is 67.8 Å². The third-order valence-electron chi connectivity index (χ3n) is 6.32. The van der Waals surface area contributed by atoms with Crippen molar-refractivity contribution in [3.8, 4) is 16.9 Å². The molecule has 2 aliphatic heterocycles. The lowest BCUT2D eigenvalue weighted by Crippen LogP contribution is -2.46. The number of hydrogen-bond donors (Lipinski definition) is 1. The van der Waals surface area contributed by atoms with Gasteiger partial charge < -0.3 is 18.8 Å². The summed E-state index contributed by atoms with van der Waals surface area (Å²) in [5.74, 6) is 1.46. The Morgan fingerprint density at radius 2 is 1.76 bits per heavy atom. The zero-order valence-electron chi connectivity index (χ0n) is 17.7. The van der Waals surface area contributed by atoms with E-state index in [9.17, 15) is 23.1 Å². The van der Waals surface area contributed by atoms with Crippen LogP contribution in [0.2, 0.25) is 0 Å². The van der Waals surface area contributed by atoms with Gasteiger partial charge in [0.1, 0.15) is 23.9 Å². The van der Waals surface area contributed by atoms with Crippen LogP contribution in [0.25, 0.3) is 11.1 Å². The Hall–Kier alpha value is -3.04. The summed E-state index contributed by atoms with van der Waals surface area (Å²) in [5, 5.41) is 9.23. The average molecular weight is 460 g/mol. The zero-order chi connectivity index (χ0) is 23.2. The lowest BCUT2D eigenvalue weighted by Gasteiger charge is -2.43. The van der Waals surface area contributed by atoms with E-state index in [2.05, 4.69) is 9.64 Å². The molecule has 0 radical (unpaired) electrons. The molecular formula is C24H23F3N2O4. The highest BCUT2D eigenvalue weighted by atomic mass is 19.4. The maximum absolute atomic E-state index is 12.7. The number of aliphatic hydroxyl groups is 1. The smallest absolute Gasteiger partial charge is 0.462 e. The molecule has 1 fully saturated rings. The first-order valence-corrected chi connectivity index (χ1v) is 10.8. The normalized spacial score (nSPS) is 20.5. The van der Waals surface area contributed by atoms with Crippen LogP contribution in [0.5, 0.6) is 5.75 Å². The van der Waals surface area contributed by atoms with Gasteiger partial charge in [0.25, 0.3) is 5.56 Å². The Morgan fingerprint density at radius 3 is 2.45 bits per heavy atom. The van der Waals surface area contributed by atoms with Crippen LogP contribution in [-0.4, -0.2) is 34.0 Å². The van der Waals surface area contributed by atoms with Crippen molar-refractivity contribution in [1.29, 1.82) is 0 Å². The van der Waals surface area contributed by atoms with Crippen molar-refractivity contribution in [3.05, 3.63) is 76.1 Å². The molecule has 2 atom stereocenters.